The third kappa shape index (κ3) is 13.7. The van der Waals surface area contributed by atoms with Crippen LogP contribution in [0.15, 0.2) is 107 Å². The van der Waals surface area contributed by atoms with Crippen molar-refractivity contribution >= 4 is 64.6 Å². The van der Waals surface area contributed by atoms with Gasteiger partial charge < -0.3 is 14.8 Å². The Bertz CT molecular complexity index is 2020. The first-order valence-electron chi connectivity index (χ1n) is 16.1. The van der Waals surface area contributed by atoms with Gasteiger partial charge in [0.25, 0.3) is 5.91 Å². The molecule has 1 saturated carbocycles. The average molecular weight is 779 g/mol. The molecule has 53 heavy (non-hydrogen) atoms. The Kier molecular flexibility index (Phi) is 16.8. The van der Waals surface area contributed by atoms with Crippen LogP contribution in [0.5, 0.6) is 0 Å². The molecule has 0 radical (unpaired) electrons. The number of hydrogen-bond donors (Lipinski definition) is 1. The minimum Gasteiger partial charge on any atom is -0.466 e. The number of nitrogens with one attached hydrogen (secondary N) is 1. The highest BCUT2D eigenvalue weighted by Crippen LogP contribution is 2.38. The van der Waals surface area contributed by atoms with Crippen LogP contribution >= 0.6 is 15.9 Å². The Labute approximate surface area is 315 Å². The average Bonchev–Trinajstić information content (AvgIpc) is 3.68. The summed E-state index contributed by atoms with van der Waals surface area (Å²) in [5, 5.41) is 12.7. The number of aldehydes is 2. The van der Waals surface area contributed by atoms with Gasteiger partial charge in [-0.1, -0.05) is 61.4 Å². The fourth-order valence-electron chi connectivity index (χ4n) is 5.00. The number of amides is 1. The smallest absolute Gasteiger partial charge is 0.330 e. The molecule has 1 aromatic carbocycles. The first kappa shape index (κ1) is 41.0. The Morgan fingerprint density at radius 2 is 1.21 bits per heavy atom. The number of pyridine rings is 3. The van der Waals surface area contributed by atoms with Crippen LogP contribution in [-0.4, -0.2) is 59.6 Å². The summed E-state index contributed by atoms with van der Waals surface area (Å²) >= 11 is 3.13. The Morgan fingerprint density at radius 1 is 0.717 bits per heavy atom. The molecule has 12 nitrogen and oxygen atoms in total. The number of methoxy groups -OCH3 is 2. The number of nitrogens with zero attached hydrogens (tertiary/aromatic N) is 4. The zero-order chi connectivity index (χ0) is 38.5. The zero-order valence-corrected chi connectivity index (χ0v) is 30.6. The van der Waals surface area contributed by atoms with Crippen molar-refractivity contribution in [3.05, 3.63) is 141 Å². The van der Waals surface area contributed by atoms with E-state index in [0.29, 0.717) is 45.6 Å². The molecule has 0 unspecified atom stereocenters. The van der Waals surface area contributed by atoms with Crippen molar-refractivity contribution in [1.82, 2.24) is 20.3 Å². The minimum atomic E-state index is -0.488. The monoisotopic (exact) mass is 777 g/mol. The quantitative estimate of drug-likeness (QED) is 0.0611. The van der Waals surface area contributed by atoms with Crippen molar-refractivity contribution in [3.8, 4) is 6.07 Å². The maximum Gasteiger partial charge on any atom is 0.330 e. The lowest BCUT2D eigenvalue weighted by atomic mass is 9.88. The maximum absolute atomic E-state index is 12.9. The van der Waals surface area contributed by atoms with E-state index in [-0.39, 0.29) is 5.57 Å². The lowest BCUT2D eigenvalue weighted by molar-refractivity contribution is -0.135. The van der Waals surface area contributed by atoms with Crippen LogP contribution in [0.1, 0.15) is 69.3 Å². The van der Waals surface area contributed by atoms with E-state index < -0.39 is 23.4 Å². The van der Waals surface area contributed by atoms with E-state index in [9.17, 15) is 29.2 Å². The summed E-state index contributed by atoms with van der Waals surface area (Å²) in [6, 6.07) is 27.2. The molecule has 0 atom stereocenters. The third-order valence-corrected chi connectivity index (χ3v) is 7.98. The highest BCUT2D eigenvalue weighted by Gasteiger charge is 2.37. The highest BCUT2D eigenvalue weighted by atomic mass is 79.9. The molecule has 5 rings (SSSR count). The van der Waals surface area contributed by atoms with Gasteiger partial charge in [0.1, 0.15) is 27.6 Å². The third-order valence-electron chi connectivity index (χ3n) is 7.54. The van der Waals surface area contributed by atoms with Crippen molar-refractivity contribution in [2.24, 2.45) is 0 Å². The van der Waals surface area contributed by atoms with Gasteiger partial charge in [-0.25, -0.2) is 24.5 Å². The summed E-state index contributed by atoms with van der Waals surface area (Å²) < 4.78 is 9.66. The molecular formula is C40H36BrN5O7. The summed E-state index contributed by atoms with van der Waals surface area (Å²) in [5.74, 6) is -1.36. The molecule has 1 aliphatic carbocycles. The summed E-state index contributed by atoms with van der Waals surface area (Å²) in [7, 11) is 2.59. The first-order valence-corrected chi connectivity index (χ1v) is 16.9. The van der Waals surface area contributed by atoms with Crippen LogP contribution in [0.2, 0.25) is 0 Å². The van der Waals surface area contributed by atoms with Crippen molar-refractivity contribution in [3.63, 3.8) is 0 Å². The molecule has 1 fully saturated rings. The topological polar surface area (TPSA) is 178 Å². The number of benzene rings is 1. The summed E-state index contributed by atoms with van der Waals surface area (Å²) in [5.41, 5.74) is 2.88. The Balaban J connectivity index is 0.000000269. The van der Waals surface area contributed by atoms with E-state index in [0.717, 1.165) is 31.2 Å². The molecule has 1 N–H and O–H groups in total. The number of carbonyl (C=O) groups is 5. The van der Waals surface area contributed by atoms with Crippen LogP contribution in [0.3, 0.4) is 0 Å². The maximum atomic E-state index is 12.9. The number of rotatable bonds is 10. The fraction of sp³-hybridized carbons (Fsp3) is 0.175. The van der Waals surface area contributed by atoms with Crippen LogP contribution < -0.4 is 5.32 Å². The first-order chi connectivity index (χ1) is 25.6. The predicted octanol–water partition coefficient (Wildman–Crippen LogP) is 6.50. The number of carbonyl (C=O) groups excluding carboxylic acids is 5. The van der Waals surface area contributed by atoms with Gasteiger partial charge in [-0.3, -0.25) is 14.4 Å². The Hall–Kier alpha value is -6.39. The van der Waals surface area contributed by atoms with Crippen molar-refractivity contribution in [1.29, 1.82) is 5.26 Å². The van der Waals surface area contributed by atoms with Crippen LogP contribution in [-0.2, 0) is 29.4 Å². The van der Waals surface area contributed by atoms with Crippen LogP contribution in [0.25, 0.3) is 18.2 Å². The van der Waals surface area contributed by atoms with Gasteiger partial charge in [0.2, 0.25) is 0 Å². The second-order valence-corrected chi connectivity index (χ2v) is 11.9. The number of halogens is 1. The van der Waals surface area contributed by atoms with Crippen molar-refractivity contribution in [2.75, 3.05) is 14.2 Å². The molecule has 1 amide bonds. The molecule has 13 heteroatoms. The molecule has 0 bridgehead atoms. The van der Waals surface area contributed by atoms with Crippen LogP contribution in [0.4, 0.5) is 0 Å². The van der Waals surface area contributed by atoms with Gasteiger partial charge in [-0.15, -0.1) is 0 Å². The highest BCUT2D eigenvalue weighted by molar-refractivity contribution is 9.10. The van der Waals surface area contributed by atoms with Crippen LogP contribution in [0, 0.1) is 11.3 Å². The summed E-state index contributed by atoms with van der Waals surface area (Å²) in [6.45, 7) is 0. The van der Waals surface area contributed by atoms with E-state index >= 15 is 0 Å². The van der Waals surface area contributed by atoms with E-state index in [4.69, 9.17) is 0 Å². The SMILES string of the molecule is COC(=O)/C=C/c1cccc(/C=C(\C#N)C(=O)NC2(c3ccccc3)CCCC2)n1.COC(=O)/C=C/c1cccc(C=O)n1.O=Cc1cccc(Br)n1. The molecule has 4 aromatic rings. The number of nitriles is 1. The van der Waals surface area contributed by atoms with E-state index in [1.807, 2.05) is 36.4 Å². The van der Waals surface area contributed by atoms with E-state index in [2.05, 4.69) is 45.7 Å². The van der Waals surface area contributed by atoms with Gasteiger partial charge in [-0.2, -0.15) is 5.26 Å². The molecular weight excluding hydrogens is 742 g/mol. The zero-order valence-electron chi connectivity index (χ0n) is 29.0. The molecule has 0 aliphatic heterocycles. The summed E-state index contributed by atoms with van der Waals surface area (Å²) in [4.78, 5) is 67.5. The van der Waals surface area contributed by atoms with Gasteiger partial charge in [0.15, 0.2) is 12.6 Å². The predicted molar refractivity (Wildman–Crippen MR) is 202 cm³/mol. The van der Waals surface area contributed by atoms with Gasteiger partial charge in [-0.05, 0) is 89.0 Å². The summed E-state index contributed by atoms with van der Waals surface area (Å²) in [6.07, 6.45) is 12.1. The van der Waals surface area contributed by atoms with Gasteiger partial charge in [0.05, 0.1) is 36.8 Å². The largest absolute Gasteiger partial charge is 0.466 e. The van der Waals surface area contributed by atoms with E-state index in [1.165, 1.54) is 44.6 Å². The second-order valence-electron chi connectivity index (χ2n) is 11.1. The minimum absolute atomic E-state index is 0.0150. The molecule has 1 aliphatic rings. The van der Waals surface area contributed by atoms with Crippen molar-refractivity contribution < 1.29 is 33.4 Å². The normalized spacial score (nSPS) is 13.0. The number of ether oxygens (including phenoxy) is 2. The number of hydrogen-bond acceptors (Lipinski definition) is 11. The fourth-order valence-corrected chi connectivity index (χ4v) is 5.36. The second kappa shape index (κ2) is 21.7. The molecule has 0 saturated heterocycles. The standard InChI is InChI=1S/C24H23N3O3.C10H9NO3.C6H4BrNO/c1-30-22(28)13-12-20-10-7-11-21(26-20)16-18(17-25)23(29)27-24(14-5-6-15-24)19-8-3-2-4-9-19;1-14-10(13)6-5-8-3-2-4-9(7-12)11-8;7-6-3-1-2-5(4-9)8-6/h2-4,7-13,16H,5-6,14-15H2,1H3,(H,27,29);2-7H,1H3;1-4H/b13-12+,18-16+;6-5+;. The molecule has 0 spiro atoms. The van der Waals surface area contributed by atoms with Gasteiger partial charge >= 0.3 is 11.9 Å². The number of esters is 2. The molecule has 3 aromatic heterocycles. The lowest BCUT2D eigenvalue weighted by Crippen LogP contribution is -2.44. The van der Waals surface area contributed by atoms with Crippen molar-refractivity contribution in [2.45, 2.75) is 31.2 Å². The number of aromatic nitrogens is 3. The Morgan fingerprint density at radius 3 is 1.70 bits per heavy atom. The van der Waals surface area contributed by atoms with E-state index in [1.54, 1.807) is 54.6 Å². The molecule has 270 valence electrons. The van der Waals surface area contributed by atoms with Gasteiger partial charge in [0, 0.05) is 12.2 Å². The lowest BCUT2D eigenvalue weighted by Gasteiger charge is -2.31. The molecule has 3 heterocycles.